The second kappa shape index (κ2) is 7.09. The molecule has 0 unspecified atom stereocenters. The van der Waals surface area contributed by atoms with Gasteiger partial charge in [0.25, 0.3) is 6.08 Å². The fraction of sp³-hybridized carbons (Fsp3) is 0.143. The first-order chi connectivity index (χ1) is 12.0. The third kappa shape index (κ3) is 3.58. The highest BCUT2D eigenvalue weighted by Crippen LogP contribution is 2.30. The van der Waals surface area contributed by atoms with Crippen LogP contribution in [0.1, 0.15) is 24.5 Å². The molecular weight excluding hydrogens is 328 g/mol. The summed E-state index contributed by atoms with van der Waals surface area (Å²) < 4.78 is 53.1. The molecule has 0 aliphatic carbocycles. The van der Waals surface area contributed by atoms with Crippen molar-refractivity contribution < 1.29 is 17.6 Å². The van der Waals surface area contributed by atoms with Crippen LogP contribution in [-0.2, 0) is 6.42 Å². The van der Waals surface area contributed by atoms with Crippen LogP contribution in [0, 0.1) is 11.6 Å². The molecule has 0 aliphatic rings. The maximum absolute atomic E-state index is 14.3. The van der Waals surface area contributed by atoms with Crippen LogP contribution in [-0.4, -0.2) is 0 Å². The monoisotopic (exact) mass is 344 g/mol. The highest BCUT2D eigenvalue weighted by atomic mass is 19.3. The highest BCUT2D eigenvalue weighted by molar-refractivity contribution is 5.89. The standard InChI is InChI=1S/C21H16F4/c1-2-3-13-4-6-14(7-5-13)15-8-9-17-16(10-15)11-19(22)18(21(17)25)12-20(23)24/h4-12H,2-3H2,1H3. The molecule has 0 aromatic heterocycles. The number of benzene rings is 3. The van der Waals surface area contributed by atoms with Gasteiger partial charge in [0.15, 0.2) is 0 Å². The normalized spacial score (nSPS) is 10.9. The van der Waals surface area contributed by atoms with Gasteiger partial charge in [-0.1, -0.05) is 49.7 Å². The molecule has 0 atom stereocenters. The summed E-state index contributed by atoms with van der Waals surface area (Å²) in [5.74, 6) is -1.99. The first kappa shape index (κ1) is 17.2. The van der Waals surface area contributed by atoms with Crippen molar-refractivity contribution in [3.8, 4) is 11.1 Å². The molecule has 0 saturated carbocycles. The summed E-state index contributed by atoms with van der Waals surface area (Å²) in [7, 11) is 0. The third-order valence-electron chi connectivity index (χ3n) is 4.14. The summed E-state index contributed by atoms with van der Waals surface area (Å²) in [4.78, 5) is 0. The van der Waals surface area contributed by atoms with E-state index in [4.69, 9.17) is 0 Å². The van der Waals surface area contributed by atoms with Crippen LogP contribution in [0.15, 0.2) is 54.6 Å². The van der Waals surface area contributed by atoms with Gasteiger partial charge in [0.2, 0.25) is 0 Å². The summed E-state index contributed by atoms with van der Waals surface area (Å²) in [5, 5.41) is 0.446. The third-order valence-corrected chi connectivity index (χ3v) is 4.14. The Morgan fingerprint density at radius 3 is 2.24 bits per heavy atom. The van der Waals surface area contributed by atoms with Gasteiger partial charge in [-0.3, -0.25) is 0 Å². The Morgan fingerprint density at radius 2 is 1.60 bits per heavy atom. The van der Waals surface area contributed by atoms with E-state index in [1.807, 2.05) is 24.3 Å². The molecular formula is C21H16F4. The molecule has 0 fully saturated rings. The fourth-order valence-corrected chi connectivity index (χ4v) is 2.92. The Balaban J connectivity index is 2.07. The van der Waals surface area contributed by atoms with Crippen molar-refractivity contribution in [2.45, 2.75) is 19.8 Å². The number of halogens is 4. The van der Waals surface area contributed by atoms with E-state index < -0.39 is 23.3 Å². The van der Waals surface area contributed by atoms with Gasteiger partial charge in [0.05, 0.1) is 5.56 Å². The second-order valence-electron chi connectivity index (χ2n) is 5.90. The lowest BCUT2D eigenvalue weighted by Crippen LogP contribution is -1.92. The molecule has 128 valence electrons. The van der Waals surface area contributed by atoms with Gasteiger partial charge in [-0.15, -0.1) is 0 Å². The minimum Gasteiger partial charge on any atom is -0.206 e. The predicted octanol–water partition coefficient (Wildman–Crippen LogP) is 6.97. The lowest BCUT2D eigenvalue weighted by atomic mass is 9.98. The first-order valence-electron chi connectivity index (χ1n) is 8.03. The molecule has 0 bridgehead atoms. The molecule has 3 rings (SSSR count). The van der Waals surface area contributed by atoms with E-state index in [0.717, 1.165) is 30.0 Å². The second-order valence-corrected chi connectivity index (χ2v) is 5.90. The molecule has 3 aromatic rings. The van der Waals surface area contributed by atoms with Crippen LogP contribution in [0.4, 0.5) is 17.6 Å². The largest absolute Gasteiger partial charge is 0.271 e. The molecule has 0 heterocycles. The molecule has 0 radical (unpaired) electrons. The predicted molar refractivity (Wildman–Crippen MR) is 93.5 cm³/mol. The number of rotatable bonds is 4. The van der Waals surface area contributed by atoms with Gasteiger partial charge in [-0.2, -0.15) is 8.78 Å². The zero-order valence-electron chi connectivity index (χ0n) is 13.6. The molecule has 0 N–H and O–H groups in total. The smallest absolute Gasteiger partial charge is 0.206 e. The zero-order valence-corrected chi connectivity index (χ0v) is 13.6. The van der Waals surface area contributed by atoms with Crippen LogP contribution in [0.5, 0.6) is 0 Å². The van der Waals surface area contributed by atoms with Crippen molar-refractivity contribution in [3.63, 3.8) is 0 Å². The average Bonchev–Trinajstić information content (AvgIpc) is 2.59. The van der Waals surface area contributed by atoms with E-state index in [9.17, 15) is 17.6 Å². The van der Waals surface area contributed by atoms with Crippen molar-refractivity contribution in [1.82, 2.24) is 0 Å². The van der Waals surface area contributed by atoms with E-state index >= 15 is 0 Å². The molecule has 4 heteroatoms. The zero-order chi connectivity index (χ0) is 18.0. The van der Waals surface area contributed by atoms with Gasteiger partial charge in [0, 0.05) is 11.5 Å². The number of fused-ring (bicyclic) bond motifs is 1. The summed E-state index contributed by atoms with van der Waals surface area (Å²) in [6.45, 7) is 2.11. The summed E-state index contributed by atoms with van der Waals surface area (Å²) in [6, 6.07) is 13.9. The maximum atomic E-state index is 14.3. The fourth-order valence-electron chi connectivity index (χ4n) is 2.92. The average molecular weight is 344 g/mol. The highest BCUT2D eigenvalue weighted by Gasteiger charge is 2.14. The van der Waals surface area contributed by atoms with Crippen molar-refractivity contribution in [2.24, 2.45) is 0 Å². The Morgan fingerprint density at radius 1 is 0.920 bits per heavy atom. The van der Waals surface area contributed by atoms with E-state index in [2.05, 4.69) is 6.92 Å². The van der Waals surface area contributed by atoms with Gasteiger partial charge in [-0.05, 0) is 40.6 Å². The summed E-state index contributed by atoms with van der Waals surface area (Å²) >= 11 is 0. The first-order valence-corrected chi connectivity index (χ1v) is 8.03. The van der Waals surface area contributed by atoms with Crippen molar-refractivity contribution >= 4 is 16.8 Å². The van der Waals surface area contributed by atoms with E-state index in [0.29, 0.717) is 5.39 Å². The van der Waals surface area contributed by atoms with Crippen molar-refractivity contribution in [3.05, 3.63) is 77.4 Å². The Hall–Kier alpha value is -2.62. The molecule has 25 heavy (non-hydrogen) atoms. The Kier molecular flexibility index (Phi) is 4.88. The number of aryl methyl sites for hydroxylation is 1. The van der Waals surface area contributed by atoms with Gasteiger partial charge in [0.1, 0.15) is 11.6 Å². The van der Waals surface area contributed by atoms with Crippen LogP contribution in [0.25, 0.3) is 28.0 Å². The Bertz CT molecular complexity index is 936. The maximum Gasteiger partial charge on any atom is 0.271 e. The van der Waals surface area contributed by atoms with Crippen molar-refractivity contribution in [2.75, 3.05) is 0 Å². The molecule has 0 amide bonds. The molecule has 3 aromatic carbocycles. The summed E-state index contributed by atoms with van der Waals surface area (Å²) in [5.41, 5.74) is 2.26. The Labute approximate surface area is 143 Å². The SMILES string of the molecule is CCCc1ccc(-c2ccc3c(F)c(C=C(F)F)c(F)cc3c2)cc1. The van der Waals surface area contributed by atoms with Gasteiger partial charge in [-0.25, -0.2) is 8.78 Å². The number of hydrogen-bond donors (Lipinski definition) is 0. The lowest BCUT2D eigenvalue weighted by molar-refractivity contribution is 0.428. The van der Waals surface area contributed by atoms with Crippen molar-refractivity contribution in [1.29, 1.82) is 0 Å². The van der Waals surface area contributed by atoms with Crippen LogP contribution in [0.2, 0.25) is 0 Å². The minimum atomic E-state index is -2.14. The van der Waals surface area contributed by atoms with Crippen LogP contribution < -0.4 is 0 Å². The minimum absolute atomic E-state index is 0.111. The quantitative estimate of drug-likeness (QED) is 0.448. The van der Waals surface area contributed by atoms with E-state index in [1.165, 1.54) is 11.6 Å². The molecule has 0 aliphatic heterocycles. The van der Waals surface area contributed by atoms with Crippen LogP contribution in [0.3, 0.4) is 0 Å². The molecule has 0 saturated heterocycles. The molecule has 0 spiro atoms. The number of hydrogen-bond acceptors (Lipinski definition) is 0. The van der Waals surface area contributed by atoms with Crippen LogP contribution >= 0.6 is 0 Å². The van der Waals surface area contributed by atoms with E-state index in [-0.39, 0.29) is 11.5 Å². The van der Waals surface area contributed by atoms with Gasteiger partial charge < -0.3 is 0 Å². The topological polar surface area (TPSA) is 0 Å². The van der Waals surface area contributed by atoms with E-state index in [1.54, 1.807) is 12.1 Å². The summed E-state index contributed by atoms with van der Waals surface area (Å²) in [6.07, 6.45) is 0.130. The lowest BCUT2D eigenvalue weighted by Gasteiger charge is -2.08. The molecule has 0 nitrogen and oxygen atoms in total. The van der Waals surface area contributed by atoms with Gasteiger partial charge >= 0.3 is 0 Å².